The summed E-state index contributed by atoms with van der Waals surface area (Å²) in [7, 11) is 0. The van der Waals surface area contributed by atoms with Crippen LogP contribution in [0.3, 0.4) is 0 Å². The molecule has 0 bridgehead atoms. The normalized spacial score (nSPS) is 21.9. The van der Waals surface area contributed by atoms with Crippen molar-refractivity contribution < 1.29 is 14.7 Å². The Morgan fingerprint density at radius 2 is 1.94 bits per heavy atom. The lowest BCUT2D eigenvalue weighted by atomic mass is 10.0. The summed E-state index contributed by atoms with van der Waals surface area (Å²) in [6, 6.07) is 0.312. The molecule has 0 atom stereocenters. The molecule has 2 rings (SSSR count). The number of amides is 1. The van der Waals surface area contributed by atoms with Crippen molar-refractivity contribution in [2.45, 2.75) is 45.6 Å². The van der Waals surface area contributed by atoms with E-state index in [4.69, 9.17) is 5.11 Å². The molecule has 0 spiro atoms. The number of carboxylic acid groups (broad SMARTS) is 1. The standard InChI is InChI=1S/C12H19NO3/c1-8(2)7-13(9-3-4-9)10(14)12(5-6-12)11(15)16/h8-9H,3-7H2,1-2H3,(H,15,16). The average Bonchev–Trinajstić information content (AvgIpc) is 3.00. The second-order valence-electron chi connectivity index (χ2n) is 5.47. The zero-order valence-corrected chi connectivity index (χ0v) is 9.90. The van der Waals surface area contributed by atoms with E-state index in [9.17, 15) is 9.59 Å². The summed E-state index contributed by atoms with van der Waals surface area (Å²) < 4.78 is 0. The number of hydrogen-bond donors (Lipinski definition) is 1. The highest BCUT2D eigenvalue weighted by Crippen LogP contribution is 2.49. The lowest BCUT2D eigenvalue weighted by Crippen LogP contribution is -2.43. The molecule has 0 aromatic rings. The second-order valence-corrected chi connectivity index (χ2v) is 5.47. The van der Waals surface area contributed by atoms with E-state index >= 15 is 0 Å². The van der Waals surface area contributed by atoms with E-state index in [1.807, 2.05) is 4.90 Å². The third kappa shape index (κ3) is 1.93. The van der Waals surface area contributed by atoms with Gasteiger partial charge in [-0.15, -0.1) is 0 Å². The number of carboxylic acids is 1. The number of carbonyl (C=O) groups is 2. The molecule has 0 unspecified atom stereocenters. The summed E-state index contributed by atoms with van der Waals surface area (Å²) in [6.45, 7) is 4.81. The Kier molecular flexibility index (Phi) is 2.68. The lowest BCUT2D eigenvalue weighted by molar-refractivity contribution is -0.154. The van der Waals surface area contributed by atoms with Gasteiger partial charge in [-0.2, -0.15) is 0 Å². The van der Waals surface area contributed by atoms with Crippen LogP contribution in [0.15, 0.2) is 0 Å². The van der Waals surface area contributed by atoms with Gasteiger partial charge in [-0.25, -0.2) is 0 Å². The number of carbonyl (C=O) groups excluding carboxylic acids is 1. The Bertz CT molecular complexity index is 316. The van der Waals surface area contributed by atoms with Crippen LogP contribution in [0, 0.1) is 11.3 Å². The van der Waals surface area contributed by atoms with Crippen LogP contribution in [0.2, 0.25) is 0 Å². The quantitative estimate of drug-likeness (QED) is 0.721. The van der Waals surface area contributed by atoms with Gasteiger partial charge in [0.25, 0.3) is 0 Å². The SMILES string of the molecule is CC(C)CN(C(=O)C1(C(=O)O)CC1)C1CC1. The number of nitrogens with zero attached hydrogens (tertiary/aromatic N) is 1. The number of rotatable bonds is 5. The van der Waals surface area contributed by atoms with Crippen molar-refractivity contribution in [3.05, 3.63) is 0 Å². The van der Waals surface area contributed by atoms with Crippen molar-refractivity contribution in [3.8, 4) is 0 Å². The van der Waals surface area contributed by atoms with Crippen LogP contribution in [0.1, 0.15) is 39.5 Å². The van der Waals surface area contributed by atoms with Gasteiger partial charge in [0.05, 0.1) is 0 Å². The zero-order valence-electron chi connectivity index (χ0n) is 9.90. The van der Waals surface area contributed by atoms with Gasteiger partial charge in [-0.05, 0) is 31.6 Å². The molecule has 2 aliphatic carbocycles. The monoisotopic (exact) mass is 225 g/mol. The predicted molar refractivity (Wildman–Crippen MR) is 58.9 cm³/mol. The fourth-order valence-corrected chi connectivity index (χ4v) is 2.10. The van der Waals surface area contributed by atoms with Crippen molar-refractivity contribution in [2.24, 2.45) is 11.3 Å². The van der Waals surface area contributed by atoms with E-state index in [1.54, 1.807) is 0 Å². The minimum Gasteiger partial charge on any atom is -0.480 e. The third-order valence-electron chi connectivity index (χ3n) is 3.38. The van der Waals surface area contributed by atoms with E-state index < -0.39 is 11.4 Å². The Morgan fingerprint density at radius 1 is 1.38 bits per heavy atom. The van der Waals surface area contributed by atoms with Crippen LogP contribution in [-0.4, -0.2) is 34.5 Å². The highest BCUT2D eigenvalue weighted by Gasteiger charge is 2.59. The lowest BCUT2D eigenvalue weighted by Gasteiger charge is -2.27. The van der Waals surface area contributed by atoms with Crippen LogP contribution in [0.4, 0.5) is 0 Å². The van der Waals surface area contributed by atoms with Gasteiger partial charge in [0.1, 0.15) is 5.41 Å². The van der Waals surface area contributed by atoms with Crippen molar-refractivity contribution in [1.82, 2.24) is 4.90 Å². The minimum atomic E-state index is -1.06. The Hall–Kier alpha value is -1.06. The fraction of sp³-hybridized carbons (Fsp3) is 0.833. The van der Waals surface area contributed by atoms with Gasteiger partial charge in [-0.1, -0.05) is 13.8 Å². The zero-order chi connectivity index (χ0) is 11.9. The Labute approximate surface area is 95.6 Å². The fourth-order valence-electron chi connectivity index (χ4n) is 2.10. The molecule has 4 nitrogen and oxygen atoms in total. The van der Waals surface area contributed by atoms with Crippen LogP contribution in [0.5, 0.6) is 0 Å². The molecule has 4 heteroatoms. The first-order chi connectivity index (χ1) is 7.47. The number of hydrogen-bond acceptors (Lipinski definition) is 2. The molecule has 0 aromatic heterocycles. The van der Waals surface area contributed by atoms with Crippen molar-refractivity contribution in [1.29, 1.82) is 0 Å². The first kappa shape index (κ1) is 11.4. The van der Waals surface area contributed by atoms with Crippen LogP contribution in [-0.2, 0) is 9.59 Å². The molecule has 0 radical (unpaired) electrons. The smallest absolute Gasteiger partial charge is 0.319 e. The summed E-state index contributed by atoms with van der Waals surface area (Å²) in [5.74, 6) is -0.683. The topological polar surface area (TPSA) is 57.6 Å². The highest BCUT2D eigenvalue weighted by atomic mass is 16.4. The van der Waals surface area contributed by atoms with Crippen LogP contribution < -0.4 is 0 Å². The average molecular weight is 225 g/mol. The molecular formula is C12H19NO3. The molecule has 16 heavy (non-hydrogen) atoms. The van der Waals surface area contributed by atoms with E-state index in [0.717, 1.165) is 12.8 Å². The molecule has 2 saturated carbocycles. The first-order valence-electron chi connectivity index (χ1n) is 6.02. The van der Waals surface area contributed by atoms with Crippen molar-refractivity contribution >= 4 is 11.9 Å². The van der Waals surface area contributed by atoms with Crippen LogP contribution in [0.25, 0.3) is 0 Å². The maximum Gasteiger partial charge on any atom is 0.319 e. The molecule has 1 N–H and O–H groups in total. The molecule has 2 fully saturated rings. The summed E-state index contributed by atoms with van der Waals surface area (Å²) in [5, 5.41) is 9.11. The van der Waals surface area contributed by atoms with Gasteiger partial charge in [0.2, 0.25) is 5.91 Å². The first-order valence-corrected chi connectivity index (χ1v) is 6.02. The summed E-state index contributed by atoms with van der Waals surface area (Å²) in [6.07, 6.45) is 3.10. The molecular weight excluding hydrogens is 206 g/mol. The third-order valence-corrected chi connectivity index (χ3v) is 3.38. The second kappa shape index (κ2) is 3.75. The summed E-state index contributed by atoms with van der Waals surface area (Å²) >= 11 is 0. The largest absolute Gasteiger partial charge is 0.480 e. The van der Waals surface area contributed by atoms with E-state index in [0.29, 0.717) is 31.3 Å². The molecule has 1 amide bonds. The Morgan fingerprint density at radius 3 is 2.25 bits per heavy atom. The maximum absolute atomic E-state index is 12.2. The van der Waals surface area contributed by atoms with Crippen molar-refractivity contribution in [2.75, 3.05) is 6.54 Å². The maximum atomic E-state index is 12.2. The van der Waals surface area contributed by atoms with Gasteiger partial charge in [0.15, 0.2) is 0 Å². The van der Waals surface area contributed by atoms with Crippen LogP contribution >= 0.6 is 0 Å². The summed E-state index contributed by atoms with van der Waals surface area (Å²) in [5.41, 5.74) is -1.06. The summed E-state index contributed by atoms with van der Waals surface area (Å²) in [4.78, 5) is 25.2. The van der Waals surface area contributed by atoms with Gasteiger partial charge in [-0.3, -0.25) is 9.59 Å². The van der Waals surface area contributed by atoms with Gasteiger partial charge >= 0.3 is 5.97 Å². The molecule has 2 aliphatic rings. The van der Waals surface area contributed by atoms with Gasteiger partial charge in [0, 0.05) is 12.6 Å². The molecule has 0 heterocycles. The molecule has 90 valence electrons. The molecule has 0 aromatic carbocycles. The number of aliphatic carboxylic acids is 1. The van der Waals surface area contributed by atoms with E-state index in [2.05, 4.69) is 13.8 Å². The van der Waals surface area contributed by atoms with E-state index in [-0.39, 0.29) is 5.91 Å². The van der Waals surface area contributed by atoms with E-state index in [1.165, 1.54) is 0 Å². The predicted octanol–water partition coefficient (Wildman–Crippen LogP) is 1.50. The highest BCUT2D eigenvalue weighted by molar-refractivity contribution is 6.05. The molecule has 0 saturated heterocycles. The van der Waals surface area contributed by atoms with Crippen molar-refractivity contribution in [3.63, 3.8) is 0 Å². The minimum absolute atomic E-state index is 0.142. The van der Waals surface area contributed by atoms with Gasteiger partial charge < -0.3 is 10.0 Å². The Balaban J connectivity index is 2.08. The molecule has 0 aliphatic heterocycles.